The summed E-state index contributed by atoms with van der Waals surface area (Å²) < 4.78 is 5.52. The van der Waals surface area contributed by atoms with Gasteiger partial charge in [-0.3, -0.25) is 9.78 Å². The molecule has 1 amide bonds. The molecule has 32 heavy (non-hydrogen) atoms. The van der Waals surface area contributed by atoms with Gasteiger partial charge in [0.25, 0.3) is 0 Å². The first-order chi connectivity index (χ1) is 15.5. The van der Waals surface area contributed by atoms with Gasteiger partial charge < -0.3 is 14.5 Å². The van der Waals surface area contributed by atoms with Crippen LogP contribution in [0.4, 0.5) is 10.6 Å². The van der Waals surface area contributed by atoms with E-state index in [1.165, 1.54) is 0 Å². The Morgan fingerprint density at radius 2 is 1.72 bits per heavy atom. The normalized spacial score (nSPS) is 14.1. The smallest absolute Gasteiger partial charge is 0.410 e. The molecule has 0 atom stereocenters. The number of rotatable bonds is 4. The van der Waals surface area contributed by atoms with Crippen molar-refractivity contribution in [3.8, 4) is 5.75 Å². The molecule has 0 saturated carbocycles. The number of hydrogen-bond donors (Lipinski definition) is 0. The van der Waals surface area contributed by atoms with Crippen LogP contribution in [-0.2, 0) is 0 Å². The van der Waals surface area contributed by atoms with Gasteiger partial charge in [0.05, 0.1) is 0 Å². The molecule has 2 aromatic heterocycles. The second-order valence-corrected chi connectivity index (χ2v) is 7.86. The van der Waals surface area contributed by atoms with Gasteiger partial charge in [-0.1, -0.05) is 23.8 Å². The molecule has 1 aliphatic rings. The fourth-order valence-corrected chi connectivity index (χ4v) is 3.69. The number of pyridine rings is 2. The van der Waals surface area contributed by atoms with Gasteiger partial charge in [-0.05, 0) is 56.7 Å². The number of ether oxygens (including phenoxy) is 1. The summed E-state index contributed by atoms with van der Waals surface area (Å²) in [5.41, 5.74) is 2.74. The predicted octanol–water partition coefficient (Wildman–Crippen LogP) is 4.04. The molecule has 0 bridgehead atoms. The van der Waals surface area contributed by atoms with Crippen LogP contribution in [0.25, 0.3) is 0 Å². The molecule has 0 spiro atoms. The third-order valence-electron chi connectivity index (χ3n) is 5.52. The van der Waals surface area contributed by atoms with Crippen LogP contribution >= 0.6 is 0 Å². The van der Waals surface area contributed by atoms with E-state index < -0.39 is 0 Å². The highest BCUT2D eigenvalue weighted by Gasteiger charge is 2.22. The fraction of sp³-hybridized carbons (Fsp3) is 0.280. The lowest BCUT2D eigenvalue weighted by Gasteiger charge is -2.23. The summed E-state index contributed by atoms with van der Waals surface area (Å²) in [6.07, 6.45) is 2.10. The Balaban J connectivity index is 1.42. The van der Waals surface area contributed by atoms with E-state index >= 15 is 0 Å². The molecule has 3 aromatic rings. The second kappa shape index (κ2) is 9.60. The van der Waals surface area contributed by atoms with E-state index in [2.05, 4.69) is 14.9 Å². The van der Waals surface area contributed by atoms with Gasteiger partial charge in [0.15, 0.2) is 0 Å². The standard InChI is InChI=1S/C25H26N4O3/c1-18-9-11-20(12-10-18)32-25(31)29-15-5-14-28(16-17-29)23-8-3-7-22(27-23)24(30)21-6-4-13-26-19(21)2/h3-4,6-13H,5,14-17H2,1-2H3. The number of hydrogen-bond acceptors (Lipinski definition) is 6. The maximum atomic E-state index is 12.9. The Bertz CT molecular complexity index is 1110. The summed E-state index contributed by atoms with van der Waals surface area (Å²) in [6.45, 7) is 6.28. The Morgan fingerprint density at radius 3 is 2.50 bits per heavy atom. The predicted molar refractivity (Wildman–Crippen MR) is 122 cm³/mol. The van der Waals surface area contributed by atoms with Crippen LogP contribution in [0.2, 0.25) is 0 Å². The van der Waals surface area contributed by atoms with Crippen molar-refractivity contribution in [2.75, 3.05) is 31.1 Å². The van der Waals surface area contributed by atoms with Crippen LogP contribution in [0.3, 0.4) is 0 Å². The zero-order valence-electron chi connectivity index (χ0n) is 18.3. The lowest BCUT2D eigenvalue weighted by atomic mass is 10.1. The number of carbonyl (C=O) groups excluding carboxylic acids is 2. The molecule has 0 unspecified atom stereocenters. The van der Waals surface area contributed by atoms with Crippen LogP contribution in [0.5, 0.6) is 5.75 Å². The lowest BCUT2D eigenvalue weighted by Crippen LogP contribution is -2.37. The van der Waals surface area contributed by atoms with Crippen molar-refractivity contribution in [2.45, 2.75) is 20.3 Å². The van der Waals surface area contributed by atoms with Gasteiger partial charge in [0.2, 0.25) is 5.78 Å². The van der Waals surface area contributed by atoms with Crippen molar-refractivity contribution >= 4 is 17.7 Å². The lowest BCUT2D eigenvalue weighted by molar-refractivity contribution is 0.103. The maximum Gasteiger partial charge on any atom is 0.415 e. The third-order valence-corrected chi connectivity index (χ3v) is 5.52. The van der Waals surface area contributed by atoms with Crippen molar-refractivity contribution in [2.24, 2.45) is 0 Å². The summed E-state index contributed by atoms with van der Waals surface area (Å²) >= 11 is 0. The SMILES string of the molecule is Cc1ccc(OC(=O)N2CCCN(c3cccc(C(=O)c4cccnc4C)n3)CC2)cc1. The highest BCUT2D eigenvalue weighted by Crippen LogP contribution is 2.18. The molecule has 7 nitrogen and oxygen atoms in total. The molecule has 1 aliphatic heterocycles. The van der Waals surface area contributed by atoms with Crippen LogP contribution in [0, 0.1) is 13.8 Å². The number of amides is 1. The Hall–Kier alpha value is -3.74. The van der Waals surface area contributed by atoms with E-state index in [0.29, 0.717) is 42.3 Å². The second-order valence-electron chi connectivity index (χ2n) is 7.86. The minimum Gasteiger partial charge on any atom is -0.410 e. The van der Waals surface area contributed by atoms with E-state index in [4.69, 9.17) is 4.74 Å². The molecule has 7 heteroatoms. The first-order valence-corrected chi connectivity index (χ1v) is 10.7. The number of nitrogens with zero attached hydrogens (tertiary/aromatic N) is 4. The fourth-order valence-electron chi connectivity index (χ4n) is 3.69. The van der Waals surface area contributed by atoms with E-state index in [-0.39, 0.29) is 11.9 Å². The van der Waals surface area contributed by atoms with Crippen molar-refractivity contribution in [3.05, 3.63) is 83.3 Å². The van der Waals surface area contributed by atoms with Crippen molar-refractivity contribution in [1.29, 1.82) is 0 Å². The first kappa shape index (κ1) is 21.5. The molecule has 0 radical (unpaired) electrons. The average Bonchev–Trinajstić information content (AvgIpc) is 3.07. The first-order valence-electron chi connectivity index (χ1n) is 10.7. The van der Waals surface area contributed by atoms with E-state index in [9.17, 15) is 9.59 Å². The Labute approximate surface area is 187 Å². The molecule has 1 aromatic carbocycles. The number of benzene rings is 1. The molecule has 3 heterocycles. The summed E-state index contributed by atoms with van der Waals surface area (Å²) in [7, 11) is 0. The van der Waals surface area contributed by atoms with Gasteiger partial charge in [0.1, 0.15) is 17.3 Å². The third kappa shape index (κ3) is 4.94. The van der Waals surface area contributed by atoms with Gasteiger partial charge >= 0.3 is 6.09 Å². The molecule has 0 aliphatic carbocycles. The van der Waals surface area contributed by atoms with Gasteiger partial charge in [0, 0.05) is 43.6 Å². The highest BCUT2D eigenvalue weighted by atomic mass is 16.6. The Kier molecular flexibility index (Phi) is 6.44. The van der Waals surface area contributed by atoms with Crippen LogP contribution < -0.4 is 9.64 Å². The summed E-state index contributed by atoms with van der Waals surface area (Å²) in [6, 6.07) is 16.4. The minimum absolute atomic E-state index is 0.143. The van der Waals surface area contributed by atoms with Crippen LogP contribution in [0.15, 0.2) is 60.8 Å². The quantitative estimate of drug-likeness (QED) is 0.582. The number of ketones is 1. The zero-order valence-corrected chi connectivity index (χ0v) is 18.3. The van der Waals surface area contributed by atoms with E-state index in [0.717, 1.165) is 24.3 Å². The van der Waals surface area contributed by atoms with Crippen LogP contribution in [-0.4, -0.2) is 52.9 Å². The maximum absolute atomic E-state index is 12.9. The average molecular weight is 431 g/mol. The van der Waals surface area contributed by atoms with E-state index in [1.54, 1.807) is 41.4 Å². The van der Waals surface area contributed by atoms with Gasteiger partial charge in [-0.2, -0.15) is 0 Å². The molecule has 4 rings (SSSR count). The molecule has 1 saturated heterocycles. The molecule has 1 fully saturated rings. The summed E-state index contributed by atoms with van der Waals surface area (Å²) in [4.78, 5) is 38.2. The van der Waals surface area contributed by atoms with Crippen molar-refractivity contribution in [3.63, 3.8) is 0 Å². The molecular weight excluding hydrogens is 404 g/mol. The summed E-state index contributed by atoms with van der Waals surface area (Å²) in [5.74, 6) is 1.13. The Morgan fingerprint density at radius 1 is 0.906 bits per heavy atom. The van der Waals surface area contributed by atoms with Crippen molar-refractivity contribution in [1.82, 2.24) is 14.9 Å². The van der Waals surface area contributed by atoms with Crippen LogP contribution in [0.1, 0.15) is 33.7 Å². The number of aromatic nitrogens is 2. The molecule has 164 valence electrons. The zero-order chi connectivity index (χ0) is 22.5. The number of aryl methyl sites for hydroxylation is 2. The van der Waals surface area contributed by atoms with E-state index in [1.807, 2.05) is 38.1 Å². The van der Waals surface area contributed by atoms with Crippen molar-refractivity contribution < 1.29 is 14.3 Å². The summed E-state index contributed by atoms with van der Waals surface area (Å²) in [5, 5.41) is 0. The molecular formula is C25H26N4O3. The van der Waals surface area contributed by atoms with Gasteiger partial charge in [-0.25, -0.2) is 9.78 Å². The number of anilines is 1. The largest absolute Gasteiger partial charge is 0.415 e. The topological polar surface area (TPSA) is 75.6 Å². The monoisotopic (exact) mass is 430 g/mol. The van der Waals surface area contributed by atoms with Gasteiger partial charge in [-0.15, -0.1) is 0 Å². The minimum atomic E-state index is -0.348. The highest BCUT2D eigenvalue weighted by molar-refractivity contribution is 6.08. The molecule has 0 N–H and O–H groups in total. The number of carbonyl (C=O) groups is 2.